The van der Waals surface area contributed by atoms with Crippen LogP contribution in [0.2, 0.25) is 0 Å². The van der Waals surface area contributed by atoms with Gasteiger partial charge in [0.25, 0.3) is 5.88 Å². The molecule has 0 fully saturated rings. The number of aldehydes is 1. The maximum absolute atomic E-state index is 10.5. The lowest BCUT2D eigenvalue weighted by molar-refractivity contribution is 0.111. The first-order valence-corrected chi connectivity index (χ1v) is 3.72. The van der Waals surface area contributed by atoms with Gasteiger partial charge >= 0.3 is 0 Å². The van der Waals surface area contributed by atoms with Crippen molar-refractivity contribution in [1.29, 1.82) is 0 Å². The minimum atomic E-state index is 0.338. The van der Waals surface area contributed by atoms with Crippen LogP contribution in [0.1, 0.15) is 10.5 Å². The quantitative estimate of drug-likeness (QED) is 0.654. The lowest BCUT2D eigenvalue weighted by Gasteiger charge is -1.99. The van der Waals surface area contributed by atoms with Crippen molar-refractivity contribution in [3.63, 3.8) is 0 Å². The Bertz CT molecular complexity index is 447. The molecule has 0 aliphatic rings. The number of nitrogens with zero attached hydrogens (tertiary/aromatic N) is 1. The monoisotopic (exact) mass is 177 g/mol. The number of fused-ring (bicyclic) bond motifs is 1. The van der Waals surface area contributed by atoms with E-state index in [4.69, 9.17) is 9.15 Å². The number of hydrogen-bond donors (Lipinski definition) is 0. The summed E-state index contributed by atoms with van der Waals surface area (Å²) in [6.07, 6.45) is 2.21. The highest BCUT2D eigenvalue weighted by Gasteiger charge is 2.08. The second-order valence-corrected chi connectivity index (χ2v) is 2.51. The number of rotatable bonds is 2. The van der Waals surface area contributed by atoms with E-state index in [1.54, 1.807) is 12.1 Å². The highest BCUT2D eigenvalue weighted by molar-refractivity contribution is 5.87. The lowest BCUT2D eigenvalue weighted by atomic mass is 10.3. The first-order valence-electron chi connectivity index (χ1n) is 3.72. The van der Waals surface area contributed by atoms with E-state index in [1.807, 2.05) is 0 Å². The fourth-order valence-corrected chi connectivity index (χ4v) is 1.16. The second kappa shape index (κ2) is 2.90. The highest BCUT2D eigenvalue weighted by atomic mass is 16.5. The summed E-state index contributed by atoms with van der Waals surface area (Å²) in [7, 11) is 1.48. The number of aromatic nitrogens is 1. The van der Waals surface area contributed by atoms with Crippen molar-refractivity contribution in [1.82, 2.24) is 4.98 Å². The third-order valence-electron chi connectivity index (χ3n) is 1.74. The molecule has 2 rings (SSSR count). The minimum Gasteiger partial charge on any atom is -0.478 e. The van der Waals surface area contributed by atoms with Gasteiger partial charge < -0.3 is 9.15 Å². The van der Waals surface area contributed by atoms with E-state index in [9.17, 15) is 4.79 Å². The number of ether oxygens (including phenoxy) is 1. The summed E-state index contributed by atoms with van der Waals surface area (Å²) >= 11 is 0. The molecule has 2 aromatic heterocycles. The van der Waals surface area contributed by atoms with E-state index in [2.05, 4.69) is 4.98 Å². The number of pyridine rings is 1. The number of carbonyl (C=O) groups excluding carboxylic acids is 1. The number of hydrogen-bond acceptors (Lipinski definition) is 4. The molecule has 0 amide bonds. The van der Waals surface area contributed by atoms with Crippen molar-refractivity contribution in [2.45, 2.75) is 0 Å². The Balaban J connectivity index is 2.77. The van der Waals surface area contributed by atoms with Gasteiger partial charge in [-0.25, -0.2) is 4.98 Å². The predicted molar refractivity (Wildman–Crippen MR) is 45.9 cm³/mol. The van der Waals surface area contributed by atoms with Crippen LogP contribution in [0.25, 0.3) is 11.0 Å². The fraction of sp³-hybridized carbons (Fsp3) is 0.111. The minimum absolute atomic E-state index is 0.338. The van der Waals surface area contributed by atoms with Crippen LogP contribution in [0, 0.1) is 0 Å². The first-order chi connectivity index (χ1) is 6.35. The maximum Gasteiger partial charge on any atom is 0.258 e. The molecule has 0 aliphatic heterocycles. The van der Waals surface area contributed by atoms with Gasteiger partial charge in [0.05, 0.1) is 13.4 Å². The maximum atomic E-state index is 10.5. The van der Waals surface area contributed by atoms with Crippen LogP contribution in [0.4, 0.5) is 0 Å². The van der Waals surface area contributed by atoms with E-state index < -0.39 is 0 Å². The molecule has 0 atom stereocenters. The van der Waals surface area contributed by atoms with Crippen LogP contribution in [-0.2, 0) is 0 Å². The van der Waals surface area contributed by atoms with Gasteiger partial charge in [0.15, 0.2) is 11.9 Å². The average Bonchev–Trinajstić information content (AvgIpc) is 2.63. The summed E-state index contributed by atoms with van der Waals surface area (Å²) in [5.74, 6) is 0.338. The molecular weight excluding hydrogens is 170 g/mol. The standard InChI is InChI=1S/C9H7NO3/c1-12-9-8-6(2-3-13-8)4-7(5-11)10-9/h2-5H,1H3. The largest absolute Gasteiger partial charge is 0.478 e. The number of methoxy groups -OCH3 is 1. The molecular formula is C9H7NO3. The van der Waals surface area contributed by atoms with Crippen molar-refractivity contribution < 1.29 is 13.9 Å². The topological polar surface area (TPSA) is 52.3 Å². The van der Waals surface area contributed by atoms with E-state index in [0.717, 1.165) is 5.39 Å². The summed E-state index contributed by atoms with van der Waals surface area (Å²) < 4.78 is 10.1. The van der Waals surface area contributed by atoms with Gasteiger partial charge in [0.2, 0.25) is 0 Å². The van der Waals surface area contributed by atoms with Crippen molar-refractivity contribution >= 4 is 17.3 Å². The van der Waals surface area contributed by atoms with Crippen LogP contribution in [0.5, 0.6) is 5.88 Å². The summed E-state index contributed by atoms with van der Waals surface area (Å²) in [5.41, 5.74) is 0.902. The molecule has 66 valence electrons. The zero-order valence-electron chi connectivity index (χ0n) is 6.98. The van der Waals surface area contributed by atoms with Gasteiger partial charge in [0, 0.05) is 5.39 Å². The van der Waals surface area contributed by atoms with Crippen molar-refractivity contribution in [3.05, 3.63) is 24.1 Å². The zero-order valence-corrected chi connectivity index (χ0v) is 6.98. The molecule has 0 bridgehead atoms. The molecule has 0 unspecified atom stereocenters. The molecule has 0 saturated carbocycles. The van der Waals surface area contributed by atoms with E-state index in [-0.39, 0.29) is 0 Å². The van der Waals surface area contributed by atoms with Crippen LogP contribution in [0.3, 0.4) is 0 Å². The average molecular weight is 177 g/mol. The predicted octanol–water partition coefficient (Wildman–Crippen LogP) is 1.65. The van der Waals surface area contributed by atoms with E-state index in [1.165, 1.54) is 13.4 Å². The molecule has 2 heterocycles. The molecule has 13 heavy (non-hydrogen) atoms. The fourth-order valence-electron chi connectivity index (χ4n) is 1.16. The van der Waals surface area contributed by atoms with E-state index in [0.29, 0.717) is 23.4 Å². The number of carbonyl (C=O) groups is 1. The zero-order chi connectivity index (χ0) is 9.26. The molecule has 0 N–H and O–H groups in total. The van der Waals surface area contributed by atoms with Crippen LogP contribution < -0.4 is 4.74 Å². The van der Waals surface area contributed by atoms with Gasteiger partial charge in [-0.1, -0.05) is 0 Å². The molecule has 0 radical (unpaired) electrons. The summed E-state index contributed by atoms with van der Waals surface area (Å²) in [4.78, 5) is 14.4. The Morgan fingerprint density at radius 3 is 3.15 bits per heavy atom. The third-order valence-corrected chi connectivity index (χ3v) is 1.74. The second-order valence-electron chi connectivity index (χ2n) is 2.51. The number of furan rings is 1. The van der Waals surface area contributed by atoms with Gasteiger partial charge in [-0.2, -0.15) is 0 Å². The summed E-state index contributed by atoms with van der Waals surface area (Å²) in [5, 5.41) is 0.814. The van der Waals surface area contributed by atoms with E-state index >= 15 is 0 Å². The van der Waals surface area contributed by atoms with Gasteiger partial charge in [-0.05, 0) is 12.1 Å². The molecule has 2 aromatic rings. The molecule has 0 spiro atoms. The molecule has 4 heteroatoms. The molecule has 0 saturated heterocycles. The van der Waals surface area contributed by atoms with Crippen LogP contribution in [0.15, 0.2) is 22.8 Å². The lowest BCUT2D eigenvalue weighted by Crippen LogP contribution is -1.92. The highest BCUT2D eigenvalue weighted by Crippen LogP contribution is 2.24. The first kappa shape index (κ1) is 7.79. The molecule has 0 aromatic carbocycles. The SMILES string of the molecule is COc1nc(C=O)cc2ccoc12. The van der Waals surface area contributed by atoms with Gasteiger partial charge in [-0.3, -0.25) is 4.79 Å². The van der Waals surface area contributed by atoms with Gasteiger partial charge in [0.1, 0.15) is 5.69 Å². The van der Waals surface area contributed by atoms with Crippen LogP contribution in [-0.4, -0.2) is 18.4 Å². The third kappa shape index (κ3) is 1.16. The Kier molecular flexibility index (Phi) is 1.73. The Morgan fingerprint density at radius 2 is 2.46 bits per heavy atom. The smallest absolute Gasteiger partial charge is 0.258 e. The van der Waals surface area contributed by atoms with Crippen molar-refractivity contribution in [2.75, 3.05) is 7.11 Å². The Morgan fingerprint density at radius 1 is 1.62 bits per heavy atom. The van der Waals surface area contributed by atoms with Crippen LogP contribution >= 0.6 is 0 Å². The van der Waals surface area contributed by atoms with Crippen molar-refractivity contribution in [3.8, 4) is 5.88 Å². The summed E-state index contributed by atoms with van der Waals surface area (Å²) in [6, 6.07) is 3.40. The molecule has 4 nitrogen and oxygen atoms in total. The molecule has 0 aliphatic carbocycles. The Labute approximate surface area is 74.1 Å². The Hall–Kier alpha value is -1.84. The van der Waals surface area contributed by atoms with Gasteiger partial charge in [-0.15, -0.1) is 0 Å². The normalized spacial score (nSPS) is 10.2. The van der Waals surface area contributed by atoms with Crippen molar-refractivity contribution in [2.24, 2.45) is 0 Å². The summed E-state index contributed by atoms with van der Waals surface area (Å²) in [6.45, 7) is 0.